The molecular formula is C11H9F3INO4. The van der Waals surface area contributed by atoms with Crippen LogP contribution in [0.25, 0.3) is 0 Å². The van der Waals surface area contributed by atoms with Gasteiger partial charge in [-0.15, -0.1) is 0 Å². The first kappa shape index (κ1) is 16.5. The highest BCUT2D eigenvalue weighted by atomic mass is 127. The second-order valence-electron chi connectivity index (χ2n) is 3.48. The quantitative estimate of drug-likeness (QED) is 0.623. The Morgan fingerprint density at radius 1 is 1.25 bits per heavy atom. The van der Waals surface area contributed by atoms with Crippen LogP contribution < -0.4 is 10.1 Å². The van der Waals surface area contributed by atoms with Gasteiger partial charge in [0.1, 0.15) is 5.75 Å². The summed E-state index contributed by atoms with van der Waals surface area (Å²) in [7, 11) is 2.39. The fraction of sp³-hybridized carbons (Fsp3) is 0.273. The lowest BCUT2D eigenvalue weighted by Gasteiger charge is -2.14. The summed E-state index contributed by atoms with van der Waals surface area (Å²) in [6.07, 6.45) is -5.07. The van der Waals surface area contributed by atoms with E-state index in [4.69, 9.17) is 4.74 Å². The van der Waals surface area contributed by atoms with Crippen LogP contribution >= 0.6 is 22.6 Å². The maximum absolute atomic E-state index is 12.3. The van der Waals surface area contributed by atoms with E-state index in [0.29, 0.717) is 3.57 Å². The zero-order valence-electron chi connectivity index (χ0n) is 10.3. The Bertz CT molecular complexity index is 545. The summed E-state index contributed by atoms with van der Waals surface area (Å²) in [5.74, 6) is -2.84. The van der Waals surface area contributed by atoms with Gasteiger partial charge in [-0.25, -0.2) is 4.79 Å². The Labute approximate surface area is 125 Å². The van der Waals surface area contributed by atoms with Gasteiger partial charge in [0.25, 0.3) is 0 Å². The van der Waals surface area contributed by atoms with E-state index < -0.39 is 18.1 Å². The van der Waals surface area contributed by atoms with Gasteiger partial charge in [-0.2, -0.15) is 13.2 Å². The summed E-state index contributed by atoms with van der Waals surface area (Å²) in [6, 6.07) is 2.38. The molecule has 1 aromatic carbocycles. The maximum atomic E-state index is 12.3. The first-order valence-electron chi connectivity index (χ1n) is 5.04. The van der Waals surface area contributed by atoms with Crippen LogP contribution in [0.4, 0.5) is 18.9 Å². The molecule has 0 aliphatic carbocycles. The number of hydrogen-bond donors (Lipinski definition) is 1. The number of esters is 1. The van der Waals surface area contributed by atoms with E-state index in [-0.39, 0.29) is 17.0 Å². The monoisotopic (exact) mass is 403 g/mol. The van der Waals surface area contributed by atoms with Crippen LogP contribution in [-0.4, -0.2) is 32.3 Å². The standard InChI is InChI=1S/C11H9F3INO4/c1-19-8-4-7(16-10(18)11(12,13)14)5(3-6(8)15)9(17)20-2/h3-4H,1-2H3,(H,16,18). The average molecular weight is 403 g/mol. The molecule has 0 saturated heterocycles. The van der Waals surface area contributed by atoms with Crippen molar-refractivity contribution in [3.63, 3.8) is 0 Å². The lowest BCUT2D eigenvalue weighted by atomic mass is 10.1. The van der Waals surface area contributed by atoms with Gasteiger partial charge < -0.3 is 14.8 Å². The van der Waals surface area contributed by atoms with Crippen molar-refractivity contribution in [3.8, 4) is 5.75 Å². The van der Waals surface area contributed by atoms with Gasteiger partial charge in [0, 0.05) is 6.07 Å². The topological polar surface area (TPSA) is 64.6 Å². The minimum Gasteiger partial charge on any atom is -0.496 e. The van der Waals surface area contributed by atoms with Crippen molar-refractivity contribution < 1.29 is 32.2 Å². The molecule has 0 aromatic heterocycles. The normalized spacial score (nSPS) is 10.9. The van der Waals surface area contributed by atoms with E-state index in [1.165, 1.54) is 13.2 Å². The van der Waals surface area contributed by atoms with Gasteiger partial charge in [0.15, 0.2) is 0 Å². The number of amides is 1. The van der Waals surface area contributed by atoms with Crippen LogP contribution in [-0.2, 0) is 9.53 Å². The number of benzene rings is 1. The molecule has 0 spiro atoms. The number of halogens is 4. The van der Waals surface area contributed by atoms with Gasteiger partial charge in [0.05, 0.1) is 29.0 Å². The minimum atomic E-state index is -5.07. The average Bonchev–Trinajstić information content (AvgIpc) is 2.38. The van der Waals surface area contributed by atoms with Crippen LogP contribution in [0.1, 0.15) is 10.4 Å². The molecule has 0 fully saturated rings. The summed E-state index contributed by atoms with van der Waals surface area (Å²) in [4.78, 5) is 22.5. The number of methoxy groups -OCH3 is 2. The number of hydrogen-bond acceptors (Lipinski definition) is 4. The van der Waals surface area contributed by atoms with Crippen molar-refractivity contribution in [2.75, 3.05) is 19.5 Å². The molecule has 9 heteroatoms. The second kappa shape index (κ2) is 6.29. The third kappa shape index (κ3) is 3.74. The van der Waals surface area contributed by atoms with E-state index >= 15 is 0 Å². The van der Waals surface area contributed by atoms with Gasteiger partial charge in [-0.1, -0.05) is 0 Å². The van der Waals surface area contributed by atoms with Crippen molar-refractivity contribution in [1.82, 2.24) is 0 Å². The number of rotatable bonds is 3. The molecule has 0 atom stereocenters. The third-order valence-corrected chi connectivity index (χ3v) is 3.05. The van der Waals surface area contributed by atoms with Crippen molar-refractivity contribution >= 4 is 40.2 Å². The van der Waals surface area contributed by atoms with Crippen molar-refractivity contribution in [2.24, 2.45) is 0 Å². The van der Waals surface area contributed by atoms with Crippen LogP contribution in [0, 0.1) is 3.57 Å². The maximum Gasteiger partial charge on any atom is 0.471 e. The molecule has 1 N–H and O–H groups in total. The summed E-state index contributed by atoms with van der Waals surface area (Å²) in [6.45, 7) is 0. The van der Waals surface area contributed by atoms with Crippen LogP contribution in [0.15, 0.2) is 12.1 Å². The van der Waals surface area contributed by atoms with E-state index in [0.717, 1.165) is 13.2 Å². The van der Waals surface area contributed by atoms with E-state index in [1.807, 2.05) is 22.6 Å². The molecule has 0 radical (unpaired) electrons. The van der Waals surface area contributed by atoms with Gasteiger partial charge in [0.2, 0.25) is 0 Å². The van der Waals surface area contributed by atoms with Crippen LogP contribution in [0.5, 0.6) is 5.75 Å². The number of alkyl halides is 3. The molecule has 1 aromatic rings. The Morgan fingerprint density at radius 3 is 2.30 bits per heavy atom. The lowest BCUT2D eigenvalue weighted by molar-refractivity contribution is -0.167. The number of nitrogens with one attached hydrogen (secondary N) is 1. The van der Waals surface area contributed by atoms with E-state index in [9.17, 15) is 22.8 Å². The first-order chi connectivity index (χ1) is 9.20. The predicted molar refractivity (Wildman–Crippen MR) is 71.7 cm³/mol. The number of carbonyl (C=O) groups excluding carboxylic acids is 2. The Kier molecular flexibility index (Phi) is 5.20. The molecular weight excluding hydrogens is 394 g/mol. The summed E-state index contributed by atoms with van der Waals surface area (Å²) >= 11 is 1.83. The molecule has 0 aliphatic rings. The summed E-state index contributed by atoms with van der Waals surface area (Å²) < 4.78 is 46.6. The summed E-state index contributed by atoms with van der Waals surface area (Å²) in [5, 5.41) is 1.62. The Morgan fingerprint density at radius 2 is 1.85 bits per heavy atom. The fourth-order valence-corrected chi connectivity index (χ4v) is 1.97. The zero-order valence-corrected chi connectivity index (χ0v) is 12.5. The highest BCUT2D eigenvalue weighted by molar-refractivity contribution is 14.1. The lowest BCUT2D eigenvalue weighted by Crippen LogP contribution is -2.30. The molecule has 1 amide bonds. The Hall–Kier alpha value is -1.52. The predicted octanol–water partition coefficient (Wildman–Crippen LogP) is 2.59. The third-order valence-electron chi connectivity index (χ3n) is 2.20. The van der Waals surface area contributed by atoms with Crippen molar-refractivity contribution in [3.05, 3.63) is 21.3 Å². The number of ether oxygens (including phenoxy) is 2. The highest BCUT2D eigenvalue weighted by Gasteiger charge is 2.39. The van der Waals surface area contributed by atoms with Gasteiger partial charge >= 0.3 is 18.1 Å². The smallest absolute Gasteiger partial charge is 0.471 e. The first-order valence-corrected chi connectivity index (χ1v) is 6.12. The van der Waals surface area contributed by atoms with Crippen LogP contribution in [0.3, 0.4) is 0 Å². The molecule has 0 unspecified atom stereocenters. The highest BCUT2D eigenvalue weighted by Crippen LogP contribution is 2.30. The molecule has 20 heavy (non-hydrogen) atoms. The Balaban J connectivity index is 3.28. The minimum absolute atomic E-state index is 0.199. The molecule has 5 nitrogen and oxygen atoms in total. The zero-order chi connectivity index (χ0) is 15.5. The van der Waals surface area contributed by atoms with Gasteiger partial charge in [-0.3, -0.25) is 4.79 Å². The van der Waals surface area contributed by atoms with Crippen molar-refractivity contribution in [2.45, 2.75) is 6.18 Å². The fourth-order valence-electron chi connectivity index (χ4n) is 1.29. The molecule has 110 valence electrons. The van der Waals surface area contributed by atoms with Gasteiger partial charge in [-0.05, 0) is 28.7 Å². The summed E-state index contributed by atoms with van der Waals surface area (Å²) in [5.41, 5.74) is -0.535. The molecule has 0 heterocycles. The van der Waals surface area contributed by atoms with Crippen molar-refractivity contribution in [1.29, 1.82) is 0 Å². The molecule has 0 bridgehead atoms. The molecule has 1 rings (SSSR count). The largest absolute Gasteiger partial charge is 0.496 e. The molecule has 0 saturated carbocycles. The number of carbonyl (C=O) groups is 2. The van der Waals surface area contributed by atoms with Crippen LogP contribution in [0.2, 0.25) is 0 Å². The van der Waals surface area contributed by atoms with E-state index in [1.54, 1.807) is 5.32 Å². The second-order valence-corrected chi connectivity index (χ2v) is 4.64. The SMILES string of the molecule is COC(=O)c1cc(I)c(OC)cc1NC(=O)C(F)(F)F. The molecule has 0 aliphatic heterocycles. The number of anilines is 1. The van der Waals surface area contributed by atoms with E-state index in [2.05, 4.69) is 4.74 Å².